The predicted octanol–water partition coefficient (Wildman–Crippen LogP) is 7.40. The summed E-state index contributed by atoms with van der Waals surface area (Å²) < 4.78 is 79.0. The average Bonchev–Trinajstić information content (AvgIpc) is 3.19. The predicted molar refractivity (Wildman–Crippen MR) is 127 cm³/mol. The van der Waals surface area contributed by atoms with Crippen LogP contribution in [-0.4, -0.2) is 17.0 Å². The zero-order valence-corrected chi connectivity index (χ0v) is 19.5. The number of aromatic nitrogens is 1. The highest BCUT2D eigenvalue weighted by Crippen LogP contribution is 2.34. The number of hydrogen-bond donors (Lipinski definition) is 1. The van der Waals surface area contributed by atoms with Gasteiger partial charge < -0.3 is 9.88 Å². The number of alkyl halides is 6. The molecule has 1 amide bonds. The summed E-state index contributed by atoms with van der Waals surface area (Å²) in [4.78, 5) is 13.3. The van der Waals surface area contributed by atoms with E-state index in [1.807, 2.05) is 35.0 Å². The summed E-state index contributed by atoms with van der Waals surface area (Å²) in [6.07, 6.45) is -7.01. The van der Waals surface area contributed by atoms with E-state index in [0.29, 0.717) is 12.3 Å². The van der Waals surface area contributed by atoms with Crippen LogP contribution in [0.2, 0.25) is 0 Å². The Kier molecular flexibility index (Phi) is 7.35. The molecule has 0 bridgehead atoms. The molecule has 0 saturated heterocycles. The second-order valence-electron chi connectivity index (χ2n) is 8.02. The van der Waals surface area contributed by atoms with E-state index in [-0.39, 0.29) is 12.1 Å². The van der Waals surface area contributed by atoms with Crippen LogP contribution < -0.4 is 5.32 Å². The topological polar surface area (TPSA) is 34.0 Å². The van der Waals surface area contributed by atoms with Crippen molar-refractivity contribution >= 4 is 28.6 Å². The lowest BCUT2D eigenvalue weighted by Crippen LogP contribution is -2.27. The monoisotopic (exact) mass is 522 g/mol. The van der Waals surface area contributed by atoms with Crippen LogP contribution in [0.25, 0.3) is 10.9 Å². The number of amides is 1. The number of rotatable bonds is 7. The Hall–Kier alpha value is -3.40. The average molecular weight is 523 g/mol. The normalized spacial score (nSPS) is 12.2. The number of carbonyl (C=O) groups is 1. The van der Waals surface area contributed by atoms with Gasteiger partial charge in [0.15, 0.2) is 0 Å². The molecule has 4 aromatic rings. The van der Waals surface area contributed by atoms with E-state index < -0.39 is 29.4 Å². The summed E-state index contributed by atoms with van der Waals surface area (Å²) in [6.45, 7) is 0.572. The number of carbonyl (C=O) groups excluding carboxylic acids is 1. The minimum atomic E-state index is -4.53. The summed E-state index contributed by atoms with van der Waals surface area (Å²) in [5.74, 6) is -0.132. The Morgan fingerprint density at radius 1 is 0.833 bits per heavy atom. The van der Waals surface area contributed by atoms with Crippen LogP contribution in [0.5, 0.6) is 0 Å². The van der Waals surface area contributed by atoms with Gasteiger partial charge in [-0.2, -0.15) is 26.3 Å². The maximum atomic E-state index is 12.9. The number of fused-ring (bicyclic) bond motifs is 1. The van der Waals surface area contributed by atoms with Crippen molar-refractivity contribution in [3.8, 4) is 0 Å². The zero-order chi connectivity index (χ0) is 25.9. The van der Waals surface area contributed by atoms with Crippen LogP contribution >= 0.6 is 11.8 Å². The highest BCUT2D eigenvalue weighted by molar-refractivity contribution is 7.98. The lowest BCUT2D eigenvalue weighted by atomic mass is 10.1. The summed E-state index contributed by atoms with van der Waals surface area (Å²) in [5, 5.41) is 3.61. The molecule has 36 heavy (non-hydrogen) atoms. The molecule has 1 N–H and O–H groups in total. The Morgan fingerprint density at radius 2 is 1.53 bits per heavy atom. The first-order valence-corrected chi connectivity index (χ1v) is 11.8. The third-order valence-corrected chi connectivity index (χ3v) is 6.63. The molecule has 0 atom stereocenters. The van der Waals surface area contributed by atoms with Gasteiger partial charge in [0.05, 0.1) is 11.1 Å². The Balaban J connectivity index is 1.42. The van der Waals surface area contributed by atoms with E-state index in [4.69, 9.17) is 0 Å². The van der Waals surface area contributed by atoms with Crippen molar-refractivity contribution in [1.29, 1.82) is 0 Å². The summed E-state index contributed by atoms with van der Waals surface area (Å²) >= 11 is 1.48. The van der Waals surface area contributed by atoms with Crippen molar-refractivity contribution < 1.29 is 31.1 Å². The molecule has 0 aliphatic heterocycles. The molecule has 0 radical (unpaired) electrons. The van der Waals surface area contributed by atoms with Crippen LogP contribution in [0.1, 0.15) is 27.0 Å². The number of nitrogens with zero attached hydrogens (tertiary/aromatic N) is 1. The quantitative estimate of drug-likeness (QED) is 0.203. The van der Waals surface area contributed by atoms with E-state index in [1.165, 1.54) is 36.0 Å². The summed E-state index contributed by atoms with van der Waals surface area (Å²) in [7, 11) is 0. The number of para-hydroxylation sites is 1. The first kappa shape index (κ1) is 25.7. The second-order valence-corrected chi connectivity index (χ2v) is 9.04. The third-order valence-electron chi connectivity index (χ3n) is 5.52. The number of halogens is 6. The fourth-order valence-corrected chi connectivity index (χ4v) is 4.74. The fourth-order valence-electron chi connectivity index (χ4n) is 3.69. The van der Waals surface area contributed by atoms with Crippen molar-refractivity contribution in [2.75, 3.05) is 6.54 Å². The lowest BCUT2D eigenvalue weighted by molar-refractivity contribution is -0.138. The minimum Gasteiger partial charge on any atom is -0.350 e. The van der Waals surface area contributed by atoms with Crippen LogP contribution in [0.4, 0.5) is 26.3 Å². The molecular weight excluding hydrogens is 502 g/mol. The van der Waals surface area contributed by atoms with Gasteiger partial charge in [-0.05, 0) is 42.0 Å². The molecule has 188 valence electrons. The number of nitrogens with one attached hydrogen (secondary N) is 1. The second kappa shape index (κ2) is 10.3. The summed E-state index contributed by atoms with van der Waals surface area (Å²) in [6, 6.07) is 16.9. The van der Waals surface area contributed by atoms with E-state index in [2.05, 4.69) is 5.32 Å². The Bertz CT molecular complexity index is 1360. The van der Waals surface area contributed by atoms with Crippen molar-refractivity contribution in [2.45, 2.75) is 29.5 Å². The maximum Gasteiger partial charge on any atom is 0.416 e. The van der Waals surface area contributed by atoms with Gasteiger partial charge in [-0.3, -0.25) is 4.79 Å². The molecule has 0 saturated carbocycles. The van der Waals surface area contributed by atoms with Crippen molar-refractivity contribution in [1.82, 2.24) is 9.88 Å². The molecule has 3 aromatic carbocycles. The van der Waals surface area contributed by atoms with E-state index >= 15 is 0 Å². The molecule has 3 nitrogen and oxygen atoms in total. The maximum absolute atomic E-state index is 12.9. The van der Waals surface area contributed by atoms with Gasteiger partial charge in [-0.15, -0.1) is 11.8 Å². The van der Waals surface area contributed by atoms with E-state index in [9.17, 15) is 31.1 Å². The standard InChI is InChI=1S/C26H20F6N2OS/c27-25(28,29)19-10-8-17(9-11-19)16-36-23-15-34(22-7-2-1-6-21(22)23)13-12-33-24(35)18-4-3-5-20(14-18)26(30,31)32/h1-11,14-15H,12-13,16H2,(H,33,35). The largest absolute Gasteiger partial charge is 0.416 e. The highest BCUT2D eigenvalue weighted by Gasteiger charge is 2.31. The number of benzene rings is 3. The van der Waals surface area contributed by atoms with Crippen LogP contribution in [-0.2, 0) is 24.7 Å². The smallest absolute Gasteiger partial charge is 0.350 e. The van der Waals surface area contributed by atoms with E-state index in [0.717, 1.165) is 45.6 Å². The molecule has 1 heterocycles. The molecule has 1 aromatic heterocycles. The first-order valence-electron chi connectivity index (χ1n) is 10.8. The molecular formula is C26H20F6N2OS. The highest BCUT2D eigenvalue weighted by atomic mass is 32.2. The van der Waals surface area contributed by atoms with Gasteiger partial charge in [0.2, 0.25) is 0 Å². The Labute approximate surface area is 207 Å². The molecule has 4 rings (SSSR count). The molecule has 0 aliphatic rings. The van der Waals surface area contributed by atoms with Crippen LogP contribution in [0.3, 0.4) is 0 Å². The lowest BCUT2D eigenvalue weighted by Gasteiger charge is -2.10. The minimum absolute atomic E-state index is 0.0741. The molecule has 0 unspecified atom stereocenters. The zero-order valence-electron chi connectivity index (χ0n) is 18.7. The van der Waals surface area contributed by atoms with Gasteiger partial charge in [-0.25, -0.2) is 0 Å². The van der Waals surface area contributed by atoms with Gasteiger partial charge in [0, 0.05) is 46.4 Å². The van der Waals surface area contributed by atoms with E-state index in [1.54, 1.807) is 0 Å². The molecule has 0 fully saturated rings. The van der Waals surface area contributed by atoms with Gasteiger partial charge in [0.1, 0.15) is 0 Å². The van der Waals surface area contributed by atoms with Gasteiger partial charge in [0.25, 0.3) is 5.91 Å². The molecule has 10 heteroatoms. The van der Waals surface area contributed by atoms with Crippen molar-refractivity contribution in [3.63, 3.8) is 0 Å². The Morgan fingerprint density at radius 3 is 2.22 bits per heavy atom. The fraction of sp³-hybridized carbons (Fsp3) is 0.192. The molecule has 0 aliphatic carbocycles. The first-order chi connectivity index (χ1) is 17.0. The summed E-state index contributed by atoms with van der Waals surface area (Å²) in [5.41, 5.74) is -0.00445. The molecule has 0 spiro atoms. The number of thioether (sulfide) groups is 1. The van der Waals surface area contributed by atoms with Crippen molar-refractivity contribution in [2.24, 2.45) is 0 Å². The van der Waals surface area contributed by atoms with Crippen molar-refractivity contribution in [3.05, 3.63) is 101 Å². The van der Waals surface area contributed by atoms with Gasteiger partial charge in [-0.1, -0.05) is 36.4 Å². The number of hydrogen-bond acceptors (Lipinski definition) is 2. The van der Waals surface area contributed by atoms with Gasteiger partial charge >= 0.3 is 12.4 Å². The van der Waals surface area contributed by atoms with Crippen LogP contribution in [0, 0.1) is 0 Å². The SMILES string of the molecule is O=C(NCCn1cc(SCc2ccc(C(F)(F)F)cc2)c2ccccc21)c1cccc(C(F)(F)F)c1. The third kappa shape index (κ3) is 6.04. The van der Waals surface area contributed by atoms with Crippen LogP contribution in [0.15, 0.2) is 83.9 Å².